The van der Waals surface area contributed by atoms with Crippen LogP contribution >= 0.6 is 0 Å². The topological polar surface area (TPSA) is 15.3 Å². The van der Waals surface area contributed by atoms with Crippen LogP contribution in [-0.4, -0.2) is 32.8 Å². The Morgan fingerprint density at radius 3 is 1.83 bits per heavy atom. The number of anilines is 2. The van der Waals surface area contributed by atoms with Crippen LogP contribution in [0.3, 0.4) is 0 Å². The quantitative estimate of drug-likeness (QED) is 0.689. The zero-order valence-corrected chi connectivity index (χ0v) is 14.1. The first-order chi connectivity index (χ1) is 11.1. The molecule has 0 saturated carbocycles. The largest absolute Gasteiger partial charge is 0.346 e. The van der Waals surface area contributed by atoms with Gasteiger partial charge in [-0.25, -0.2) is 9.13 Å². The SMILES string of the molecule is CN(C)c1c(N(C)C)[n+](-c2ccccc2)cn1-c1ccccc1. The van der Waals surface area contributed by atoms with Crippen molar-refractivity contribution in [2.75, 3.05) is 38.0 Å². The fourth-order valence-electron chi connectivity index (χ4n) is 2.83. The fourth-order valence-corrected chi connectivity index (χ4v) is 2.83. The molecular formula is C19H23N4+. The second-order valence-corrected chi connectivity index (χ2v) is 5.96. The summed E-state index contributed by atoms with van der Waals surface area (Å²) in [6.45, 7) is 0. The molecule has 118 valence electrons. The second-order valence-electron chi connectivity index (χ2n) is 5.96. The van der Waals surface area contributed by atoms with E-state index in [0.29, 0.717) is 0 Å². The van der Waals surface area contributed by atoms with Crippen LogP contribution in [-0.2, 0) is 0 Å². The van der Waals surface area contributed by atoms with Gasteiger partial charge in [-0.1, -0.05) is 36.4 Å². The summed E-state index contributed by atoms with van der Waals surface area (Å²) in [5.41, 5.74) is 2.29. The molecule has 4 heteroatoms. The monoisotopic (exact) mass is 307 g/mol. The summed E-state index contributed by atoms with van der Waals surface area (Å²) in [6.07, 6.45) is 2.15. The van der Waals surface area contributed by atoms with Crippen molar-refractivity contribution in [3.8, 4) is 11.4 Å². The lowest BCUT2D eigenvalue weighted by Gasteiger charge is -2.16. The van der Waals surface area contributed by atoms with Crippen molar-refractivity contribution < 1.29 is 4.57 Å². The van der Waals surface area contributed by atoms with E-state index in [9.17, 15) is 0 Å². The number of benzene rings is 2. The molecule has 23 heavy (non-hydrogen) atoms. The van der Waals surface area contributed by atoms with Crippen molar-refractivity contribution in [3.63, 3.8) is 0 Å². The Morgan fingerprint density at radius 2 is 1.30 bits per heavy atom. The maximum atomic E-state index is 2.22. The smallest absolute Gasteiger partial charge is 0.286 e. The number of aromatic nitrogens is 2. The van der Waals surface area contributed by atoms with Gasteiger partial charge < -0.3 is 4.90 Å². The van der Waals surface area contributed by atoms with Gasteiger partial charge in [0.05, 0.1) is 14.1 Å². The average molecular weight is 307 g/mol. The number of rotatable bonds is 4. The van der Waals surface area contributed by atoms with Crippen molar-refractivity contribution in [2.45, 2.75) is 0 Å². The summed E-state index contributed by atoms with van der Waals surface area (Å²) in [6, 6.07) is 20.9. The fraction of sp³-hybridized carbons (Fsp3) is 0.211. The molecule has 4 nitrogen and oxygen atoms in total. The van der Waals surface area contributed by atoms with Gasteiger partial charge >= 0.3 is 0 Å². The normalized spacial score (nSPS) is 10.6. The third kappa shape index (κ3) is 2.80. The van der Waals surface area contributed by atoms with Crippen molar-refractivity contribution in [1.82, 2.24) is 4.57 Å². The minimum Gasteiger partial charge on any atom is -0.346 e. The van der Waals surface area contributed by atoms with Gasteiger partial charge in [-0.2, -0.15) is 0 Å². The predicted molar refractivity (Wildman–Crippen MR) is 96.0 cm³/mol. The third-order valence-electron chi connectivity index (χ3n) is 3.80. The lowest BCUT2D eigenvalue weighted by Crippen LogP contribution is -2.35. The van der Waals surface area contributed by atoms with Crippen molar-refractivity contribution in [3.05, 3.63) is 67.0 Å². The first kappa shape index (κ1) is 15.2. The molecule has 0 unspecified atom stereocenters. The molecule has 0 spiro atoms. The summed E-state index contributed by atoms with van der Waals surface area (Å²) in [5, 5.41) is 0. The van der Waals surface area contributed by atoms with Gasteiger partial charge in [-0.3, -0.25) is 4.90 Å². The van der Waals surface area contributed by atoms with E-state index in [2.05, 4.69) is 102 Å². The van der Waals surface area contributed by atoms with E-state index in [1.807, 2.05) is 12.1 Å². The maximum Gasteiger partial charge on any atom is 0.286 e. The molecule has 1 heterocycles. The van der Waals surface area contributed by atoms with Crippen LogP contribution in [0.4, 0.5) is 11.6 Å². The van der Waals surface area contributed by atoms with Gasteiger partial charge in [0.1, 0.15) is 11.4 Å². The van der Waals surface area contributed by atoms with Crippen LogP contribution in [0.15, 0.2) is 67.0 Å². The molecule has 0 aliphatic heterocycles. The molecule has 0 N–H and O–H groups in total. The first-order valence-corrected chi connectivity index (χ1v) is 7.72. The van der Waals surface area contributed by atoms with E-state index in [0.717, 1.165) is 23.0 Å². The van der Waals surface area contributed by atoms with E-state index in [1.54, 1.807) is 0 Å². The van der Waals surface area contributed by atoms with Gasteiger partial charge in [0.25, 0.3) is 5.82 Å². The number of nitrogens with zero attached hydrogens (tertiary/aromatic N) is 4. The van der Waals surface area contributed by atoms with Crippen LogP contribution in [0.1, 0.15) is 0 Å². The highest BCUT2D eigenvalue weighted by Gasteiger charge is 2.27. The standard InChI is InChI=1S/C19H23N4/c1-20(2)18-19(21(3)4)23(17-13-9-6-10-14-17)15-22(18)16-11-7-5-8-12-16/h5-15H,1-4H3/q+1. The van der Waals surface area contributed by atoms with Crippen LogP contribution in [0.5, 0.6) is 0 Å². The first-order valence-electron chi connectivity index (χ1n) is 7.72. The molecule has 1 aromatic heterocycles. The summed E-state index contributed by atoms with van der Waals surface area (Å²) < 4.78 is 4.45. The van der Waals surface area contributed by atoms with Gasteiger partial charge in [-0.05, 0) is 24.3 Å². The molecule has 3 aromatic rings. The highest BCUT2D eigenvalue weighted by Crippen LogP contribution is 2.28. The van der Waals surface area contributed by atoms with Crippen LogP contribution in [0.2, 0.25) is 0 Å². The molecule has 0 fully saturated rings. The van der Waals surface area contributed by atoms with Crippen molar-refractivity contribution in [1.29, 1.82) is 0 Å². The summed E-state index contributed by atoms with van der Waals surface area (Å²) in [7, 11) is 8.32. The van der Waals surface area contributed by atoms with Crippen LogP contribution < -0.4 is 14.4 Å². The van der Waals surface area contributed by atoms with Crippen LogP contribution in [0.25, 0.3) is 11.4 Å². The van der Waals surface area contributed by atoms with Gasteiger partial charge in [0.15, 0.2) is 0 Å². The molecule has 0 amide bonds. The number of hydrogen-bond acceptors (Lipinski definition) is 2. The molecule has 0 saturated heterocycles. The number of imidazole rings is 1. The Morgan fingerprint density at radius 1 is 0.739 bits per heavy atom. The molecule has 0 bridgehead atoms. The summed E-state index contributed by atoms with van der Waals surface area (Å²) in [5.74, 6) is 2.29. The molecule has 0 atom stereocenters. The molecule has 0 aliphatic carbocycles. The Balaban J connectivity index is 2.29. The van der Waals surface area contributed by atoms with E-state index >= 15 is 0 Å². The summed E-state index contributed by atoms with van der Waals surface area (Å²) in [4.78, 5) is 4.31. The van der Waals surface area contributed by atoms with Gasteiger partial charge in [-0.15, -0.1) is 0 Å². The zero-order valence-electron chi connectivity index (χ0n) is 14.1. The molecular weight excluding hydrogens is 284 g/mol. The van der Waals surface area contributed by atoms with Crippen molar-refractivity contribution >= 4 is 11.6 Å². The average Bonchev–Trinajstić information content (AvgIpc) is 2.97. The second kappa shape index (κ2) is 6.16. The molecule has 0 radical (unpaired) electrons. The number of para-hydroxylation sites is 2. The Hall–Kier alpha value is -2.75. The lowest BCUT2D eigenvalue weighted by molar-refractivity contribution is -0.581. The van der Waals surface area contributed by atoms with E-state index in [-0.39, 0.29) is 0 Å². The Kier molecular flexibility index (Phi) is 4.06. The van der Waals surface area contributed by atoms with E-state index in [1.165, 1.54) is 0 Å². The summed E-state index contributed by atoms with van der Waals surface area (Å²) >= 11 is 0. The van der Waals surface area contributed by atoms with Gasteiger partial charge in [0.2, 0.25) is 12.1 Å². The Bertz CT molecular complexity index is 708. The zero-order chi connectivity index (χ0) is 16.4. The minimum atomic E-state index is 1.14. The molecule has 0 aliphatic rings. The van der Waals surface area contributed by atoms with Crippen LogP contribution in [0, 0.1) is 0 Å². The van der Waals surface area contributed by atoms with Gasteiger partial charge in [0, 0.05) is 14.1 Å². The molecule has 2 aromatic carbocycles. The Labute approximate surface area is 137 Å². The maximum absolute atomic E-state index is 2.22. The lowest BCUT2D eigenvalue weighted by atomic mass is 10.3. The van der Waals surface area contributed by atoms with Crippen molar-refractivity contribution in [2.24, 2.45) is 0 Å². The molecule has 3 rings (SSSR count). The number of hydrogen-bond donors (Lipinski definition) is 0. The third-order valence-corrected chi connectivity index (χ3v) is 3.80. The van der Waals surface area contributed by atoms with E-state index in [4.69, 9.17) is 0 Å². The predicted octanol–water partition coefficient (Wildman–Crippen LogP) is 2.89. The highest BCUT2D eigenvalue weighted by molar-refractivity contribution is 5.63. The minimum absolute atomic E-state index is 1.14. The highest BCUT2D eigenvalue weighted by atomic mass is 15.3. The van der Waals surface area contributed by atoms with E-state index < -0.39 is 0 Å².